The van der Waals surface area contributed by atoms with Crippen LogP contribution in [0.3, 0.4) is 0 Å². The Morgan fingerprint density at radius 1 is 1.23 bits per heavy atom. The van der Waals surface area contributed by atoms with Gasteiger partial charge in [-0.05, 0) is 31.7 Å². The third-order valence-electron chi connectivity index (χ3n) is 6.42. The number of nitrogens with one attached hydrogen (secondary N) is 2. The first kappa shape index (κ1) is 17.5. The first-order chi connectivity index (χ1) is 12.7. The van der Waals surface area contributed by atoms with E-state index in [9.17, 15) is 9.59 Å². The summed E-state index contributed by atoms with van der Waals surface area (Å²) in [6.07, 6.45) is 9.06. The Morgan fingerprint density at radius 2 is 2.00 bits per heavy atom. The number of hydrogen-bond acceptors (Lipinski definition) is 4. The fraction of sp³-hybridized carbons (Fsp3) is 0.737. The Morgan fingerprint density at radius 3 is 2.69 bits per heavy atom. The van der Waals surface area contributed by atoms with Gasteiger partial charge in [-0.1, -0.05) is 19.3 Å². The Bertz CT molecular complexity index is 633. The van der Waals surface area contributed by atoms with E-state index in [0.29, 0.717) is 38.0 Å². The summed E-state index contributed by atoms with van der Waals surface area (Å²) in [4.78, 5) is 27.7. The van der Waals surface area contributed by atoms with Gasteiger partial charge in [0, 0.05) is 44.0 Å². The van der Waals surface area contributed by atoms with Gasteiger partial charge < -0.3 is 15.0 Å². The molecule has 1 atom stereocenters. The van der Waals surface area contributed by atoms with Crippen molar-refractivity contribution in [2.24, 2.45) is 11.3 Å². The van der Waals surface area contributed by atoms with Crippen LogP contribution in [0.15, 0.2) is 12.3 Å². The molecule has 3 heterocycles. The van der Waals surface area contributed by atoms with Crippen LogP contribution < -0.4 is 5.32 Å². The highest BCUT2D eigenvalue weighted by atomic mass is 16.5. The molecule has 1 aromatic heterocycles. The summed E-state index contributed by atoms with van der Waals surface area (Å²) in [5, 5.41) is 9.92. The molecular weight excluding hydrogens is 332 g/mol. The van der Waals surface area contributed by atoms with E-state index in [4.69, 9.17) is 4.74 Å². The zero-order valence-electron chi connectivity index (χ0n) is 15.2. The van der Waals surface area contributed by atoms with E-state index in [0.717, 1.165) is 25.7 Å². The second kappa shape index (κ2) is 7.39. The summed E-state index contributed by atoms with van der Waals surface area (Å²) < 4.78 is 5.55. The van der Waals surface area contributed by atoms with Crippen LogP contribution in [0.25, 0.3) is 0 Å². The number of aromatic amines is 1. The molecule has 2 amide bonds. The Hall–Kier alpha value is -1.89. The molecule has 0 radical (unpaired) electrons. The van der Waals surface area contributed by atoms with E-state index in [1.54, 1.807) is 12.3 Å². The normalized spacial score (nSPS) is 26.2. The topological polar surface area (TPSA) is 87.3 Å². The van der Waals surface area contributed by atoms with Crippen molar-refractivity contribution < 1.29 is 14.3 Å². The van der Waals surface area contributed by atoms with E-state index in [1.807, 2.05) is 4.90 Å². The highest BCUT2D eigenvalue weighted by Crippen LogP contribution is 2.44. The highest BCUT2D eigenvalue weighted by Gasteiger charge is 2.52. The van der Waals surface area contributed by atoms with Crippen molar-refractivity contribution in [3.8, 4) is 0 Å². The summed E-state index contributed by atoms with van der Waals surface area (Å²) in [6.45, 7) is 2.44. The molecule has 2 aliphatic heterocycles. The SMILES string of the molecule is O=C(NC1CCCCC1)C1CN(C(=O)c2ccn[nH]2)CC12CCOCC2. The van der Waals surface area contributed by atoms with Gasteiger partial charge in [-0.2, -0.15) is 5.10 Å². The fourth-order valence-corrected chi connectivity index (χ4v) is 4.86. The van der Waals surface area contributed by atoms with Crippen LogP contribution in [0.1, 0.15) is 55.4 Å². The minimum absolute atomic E-state index is 0.0682. The van der Waals surface area contributed by atoms with Crippen molar-refractivity contribution in [2.75, 3.05) is 26.3 Å². The molecule has 7 nitrogen and oxygen atoms in total. The van der Waals surface area contributed by atoms with Crippen molar-refractivity contribution in [3.63, 3.8) is 0 Å². The quantitative estimate of drug-likeness (QED) is 0.859. The summed E-state index contributed by atoms with van der Waals surface area (Å²) in [6, 6.07) is 1.99. The van der Waals surface area contributed by atoms with Crippen LogP contribution >= 0.6 is 0 Å². The van der Waals surface area contributed by atoms with Gasteiger partial charge in [-0.15, -0.1) is 0 Å². The molecule has 1 aliphatic carbocycles. The number of carbonyl (C=O) groups is 2. The number of ether oxygens (including phenoxy) is 1. The molecule has 1 spiro atoms. The Kier molecular flexibility index (Phi) is 4.98. The number of amides is 2. The van der Waals surface area contributed by atoms with E-state index in [2.05, 4.69) is 15.5 Å². The number of carbonyl (C=O) groups excluding carboxylic acids is 2. The van der Waals surface area contributed by atoms with Crippen molar-refractivity contribution in [2.45, 2.75) is 51.0 Å². The zero-order valence-corrected chi connectivity index (χ0v) is 15.2. The standard InChI is InChI=1S/C19H28N4O3/c24-17(21-14-4-2-1-3-5-14)15-12-23(18(25)16-6-9-20-22-16)13-19(15)7-10-26-11-8-19/h6,9,14-15H,1-5,7-8,10-13H2,(H,20,22)(H,21,24). The van der Waals surface area contributed by atoms with Crippen LogP contribution in [-0.4, -0.2) is 59.3 Å². The number of rotatable bonds is 3. The van der Waals surface area contributed by atoms with Gasteiger partial charge in [-0.3, -0.25) is 14.7 Å². The number of likely N-dealkylation sites (tertiary alicyclic amines) is 1. The molecule has 26 heavy (non-hydrogen) atoms. The summed E-state index contributed by atoms with van der Waals surface area (Å²) in [5.41, 5.74) is 0.327. The van der Waals surface area contributed by atoms with Crippen LogP contribution in [0.5, 0.6) is 0 Å². The Labute approximate surface area is 153 Å². The third-order valence-corrected chi connectivity index (χ3v) is 6.42. The molecule has 0 bridgehead atoms. The number of aromatic nitrogens is 2. The van der Waals surface area contributed by atoms with E-state index < -0.39 is 0 Å². The Balaban J connectivity index is 1.50. The monoisotopic (exact) mass is 360 g/mol. The molecule has 1 unspecified atom stereocenters. The lowest BCUT2D eigenvalue weighted by molar-refractivity contribution is -0.130. The third kappa shape index (κ3) is 3.37. The van der Waals surface area contributed by atoms with Gasteiger partial charge in [0.1, 0.15) is 5.69 Å². The van der Waals surface area contributed by atoms with Gasteiger partial charge in [0.05, 0.1) is 5.92 Å². The molecule has 7 heteroatoms. The van der Waals surface area contributed by atoms with Gasteiger partial charge in [0.2, 0.25) is 5.91 Å². The number of H-pyrrole nitrogens is 1. The lowest BCUT2D eigenvalue weighted by atomic mass is 9.71. The van der Waals surface area contributed by atoms with Crippen molar-refractivity contribution in [1.29, 1.82) is 0 Å². The van der Waals surface area contributed by atoms with Crippen molar-refractivity contribution in [3.05, 3.63) is 18.0 Å². The minimum atomic E-state index is -0.160. The lowest BCUT2D eigenvalue weighted by Crippen LogP contribution is -2.47. The average molecular weight is 360 g/mol. The van der Waals surface area contributed by atoms with Crippen LogP contribution in [0, 0.1) is 11.3 Å². The van der Waals surface area contributed by atoms with Gasteiger partial charge >= 0.3 is 0 Å². The van der Waals surface area contributed by atoms with Gasteiger partial charge in [-0.25, -0.2) is 0 Å². The maximum absolute atomic E-state index is 13.1. The fourth-order valence-electron chi connectivity index (χ4n) is 4.86. The summed E-state index contributed by atoms with van der Waals surface area (Å²) in [7, 11) is 0. The second-order valence-corrected chi connectivity index (χ2v) is 8.03. The van der Waals surface area contributed by atoms with Gasteiger partial charge in [0.25, 0.3) is 5.91 Å². The maximum atomic E-state index is 13.1. The molecule has 142 valence electrons. The predicted molar refractivity (Wildman–Crippen MR) is 95.5 cm³/mol. The molecule has 2 saturated heterocycles. The summed E-state index contributed by atoms with van der Waals surface area (Å²) in [5.74, 6) is -0.0970. The van der Waals surface area contributed by atoms with Crippen LogP contribution in [-0.2, 0) is 9.53 Å². The second-order valence-electron chi connectivity index (χ2n) is 8.03. The molecular formula is C19H28N4O3. The highest BCUT2D eigenvalue weighted by molar-refractivity contribution is 5.93. The lowest BCUT2D eigenvalue weighted by Gasteiger charge is -2.37. The smallest absolute Gasteiger partial charge is 0.271 e. The van der Waals surface area contributed by atoms with Crippen molar-refractivity contribution >= 4 is 11.8 Å². The number of hydrogen-bond donors (Lipinski definition) is 2. The maximum Gasteiger partial charge on any atom is 0.271 e. The van der Waals surface area contributed by atoms with E-state index in [1.165, 1.54) is 19.3 Å². The van der Waals surface area contributed by atoms with Crippen LogP contribution in [0.4, 0.5) is 0 Å². The first-order valence-corrected chi connectivity index (χ1v) is 9.85. The molecule has 1 saturated carbocycles. The molecule has 0 aromatic carbocycles. The first-order valence-electron chi connectivity index (χ1n) is 9.85. The molecule has 4 rings (SSSR count). The average Bonchev–Trinajstić information content (AvgIpc) is 3.31. The molecule has 1 aromatic rings. The largest absolute Gasteiger partial charge is 0.381 e. The van der Waals surface area contributed by atoms with E-state index >= 15 is 0 Å². The molecule has 2 N–H and O–H groups in total. The minimum Gasteiger partial charge on any atom is -0.381 e. The predicted octanol–water partition coefficient (Wildman–Crippen LogP) is 1.73. The van der Waals surface area contributed by atoms with E-state index in [-0.39, 0.29) is 23.1 Å². The van der Waals surface area contributed by atoms with Crippen molar-refractivity contribution in [1.82, 2.24) is 20.4 Å². The van der Waals surface area contributed by atoms with Crippen LogP contribution in [0.2, 0.25) is 0 Å². The van der Waals surface area contributed by atoms with Gasteiger partial charge in [0.15, 0.2) is 0 Å². The number of nitrogens with zero attached hydrogens (tertiary/aromatic N) is 2. The molecule has 3 aliphatic rings. The zero-order chi connectivity index (χ0) is 18.0. The molecule has 3 fully saturated rings. The summed E-state index contributed by atoms with van der Waals surface area (Å²) >= 11 is 0.